The number of nitrogens with zero attached hydrogens (tertiary/aromatic N) is 2. The summed E-state index contributed by atoms with van der Waals surface area (Å²) in [7, 11) is 0. The first kappa shape index (κ1) is 4.05. The molecule has 3 nitrogen and oxygen atoms in total. The molecule has 2 N–H and O–H groups in total. The molecule has 7 heavy (non-hydrogen) atoms. The highest BCUT2D eigenvalue weighted by Gasteiger charge is 1.75. The van der Waals surface area contributed by atoms with Crippen LogP contribution in [-0.2, 0) is 0 Å². The van der Waals surface area contributed by atoms with Crippen LogP contribution in [0.5, 0.6) is 0 Å². The van der Waals surface area contributed by atoms with Gasteiger partial charge in [-0.1, -0.05) is 0 Å². The zero-order valence-corrected chi connectivity index (χ0v) is 3.70. The lowest BCUT2D eigenvalue weighted by atomic mass is 10.7. The second-order valence-electron chi connectivity index (χ2n) is 1.11. The van der Waals surface area contributed by atoms with Crippen molar-refractivity contribution in [1.82, 2.24) is 9.97 Å². The van der Waals surface area contributed by atoms with Gasteiger partial charge in [0.25, 0.3) is 0 Å². The van der Waals surface area contributed by atoms with Gasteiger partial charge in [-0.05, 0) is 6.07 Å². The summed E-state index contributed by atoms with van der Waals surface area (Å²) in [5.74, 6) is 0.322. The summed E-state index contributed by atoms with van der Waals surface area (Å²) in [6, 6.07) is 1.72. The Hall–Kier alpha value is -1.12. The van der Waals surface area contributed by atoms with Gasteiger partial charge in [-0.2, -0.15) is 0 Å². The van der Waals surface area contributed by atoms with Crippen LogP contribution in [0.15, 0.2) is 18.5 Å². The monoisotopic (exact) mass is 97.1 g/mol. The van der Waals surface area contributed by atoms with E-state index in [1.165, 1.54) is 0 Å². The quantitative estimate of drug-likeness (QED) is 0.498. The summed E-state index contributed by atoms with van der Waals surface area (Å²) in [5.41, 5.74) is 5.14. The van der Waals surface area contributed by atoms with Gasteiger partial charge in [0.1, 0.15) is 0 Å². The van der Waals surface area contributed by atoms with Crippen molar-refractivity contribution in [1.29, 1.82) is 0 Å². The molecule has 0 saturated heterocycles. The Labute approximate surface area is 41.2 Å². The van der Waals surface area contributed by atoms with Gasteiger partial charge in [-0.25, -0.2) is 9.97 Å². The summed E-state index contributed by atoms with van der Waals surface area (Å²) in [4.78, 5) is 7.29. The van der Waals surface area contributed by atoms with E-state index in [0.29, 0.717) is 5.95 Å². The third kappa shape index (κ3) is 0.855. The van der Waals surface area contributed by atoms with Crippen molar-refractivity contribution < 1.29 is 0 Å². The summed E-state index contributed by atoms with van der Waals surface area (Å²) in [6.45, 7) is 0. The van der Waals surface area contributed by atoms with Gasteiger partial charge in [0.05, 0.1) is 0 Å². The molecule has 1 rings (SSSR count). The molecule has 0 fully saturated rings. The highest BCUT2D eigenvalue weighted by Crippen LogP contribution is 1.81. The van der Waals surface area contributed by atoms with Gasteiger partial charge in [0.2, 0.25) is 5.95 Å². The summed E-state index contributed by atoms with van der Waals surface area (Å²) >= 11 is 0. The second-order valence-corrected chi connectivity index (χ2v) is 1.11. The summed E-state index contributed by atoms with van der Waals surface area (Å²) in [5, 5.41) is 0. The van der Waals surface area contributed by atoms with Crippen LogP contribution in [0.2, 0.25) is 0 Å². The van der Waals surface area contributed by atoms with Crippen LogP contribution in [0.25, 0.3) is 0 Å². The lowest BCUT2D eigenvalue weighted by molar-refractivity contribution is 1.19. The SMILES string of the molecule is N[14c]1ncccn1. The number of nitrogen functional groups attached to an aromatic ring is 1. The van der Waals surface area contributed by atoms with E-state index in [9.17, 15) is 0 Å². The lowest BCUT2D eigenvalue weighted by Gasteiger charge is -1.82. The molecule has 1 heterocycles. The molecule has 0 aliphatic rings. The molecule has 0 saturated carbocycles. The Morgan fingerprint density at radius 3 is 2.14 bits per heavy atom. The molecule has 0 aromatic carbocycles. The highest BCUT2D eigenvalue weighted by molar-refractivity contribution is 5.11. The van der Waals surface area contributed by atoms with Gasteiger partial charge in [-0.15, -0.1) is 0 Å². The predicted octanol–water partition coefficient (Wildman–Crippen LogP) is 0.0588. The van der Waals surface area contributed by atoms with Crippen LogP contribution in [0.3, 0.4) is 0 Å². The van der Waals surface area contributed by atoms with Crippen LogP contribution in [0.1, 0.15) is 0 Å². The molecule has 1 aromatic heterocycles. The van der Waals surface area contributed by atoms with Gasteiger partial charge >= 0.3 is 0 Å². The molecule has 0 atom stereocenters. The molecule has 0 radical (unpaired) electrons. The Bertz CT molecular complexity index is 137. The smallest absolute Gasteiger partial charge is 0.219 e. The molecule has 0 amide bonds. The molecule has 36 valence electrons. The van der Waals surface area contributed by atoms with Crippen LogP contribution < -0.4 is 5.73 Å². The number of hydrogen-bond donors (Lipinski definition) is 1. The molecule has 0 unspecified atom stereocenters. The molecule has 0 spiro atoms. The Balaban J connectivity index is 3.02. The van der Waals surface area contributed by atoms with E-state index < -0.39 is 0 Å². The van der Waals surface area contributed by atoms with E-state index >= 15 is 0 Å². The van der Waals surface area contributed by atoms with Crippen molar-refractivity contribution in [3.8, 4) is 0 Å². The standard InChI is InChI=1S/C4H5N3/c5-4-6-2-1-3-7-4/h1-3H,(H2,5,6,7)/i4+2. The highest BCUT2D eigenvalue weighted by atomic mass is 15.6. The van der Waals surface area contributed by atoms with Crippen molar-refractivity contribution in [3.63, 3.8) is 0 Å². The van der Waals surface area contributed by atoms with Crippen molar-refractivity contribution in [2.24, 2.45) is 0 Å². The average molecular weight is 97.1 g/mol. The fraction of sp³-hybridized carbons (Fsp3) is 0. The first-order valence-electron chi connectivity index (χ1n) is 1.92. The normalized spacial score (nSPS) is 8.57. The maximum absolute atomic E-state index is 5.14. The molecule has 3 heteroatoms. The molecule has 0 aliphatic heterocycles. The maximum atomic E-state index is 5.14. The Morgan fingerprint density at radius 2 is 1.86 bits per heavy atom. The average Bonchev–Trinajstić information content (AvgIpc) is 1.69. The maximum Gasteiger partial charge on any atom is 0.219 e. The zero-order valence-electron chi connectivity index (χ0n) is 3.70. The molecule has 0 aliphatic carbocycles. The number of rotatable bonds is 0. The summed E-state index contributed by atoms with van der Waals surface area (Å²) < 4.78 is 0. The van der Waals surface area contributed by atoms with Crippen LogP contribution in [0, 0.1) is 0 Å². The lowest BCUT2D eigenvalue weighted by Crippen LogP contribution is -1.90. The van der Waals surface area contributed by atoms with Crippen LogP contribution >= 0.6 is 0 Å². The third-order valence-electron chi connectivity index (χ3n) is 0.586. The first-order valence-corrected chi connectivity index (χ1v) is 1.92. The predicted molar refractivity (Wildman–Crippen MR) is 26.4 cm³/mol. The molecular formula is C4H5N3. The van der Waals surface area contributed by atoms with Crippen molar-refractivity contribution in [2.75, 3.05) is 5.73 Å². The minimum Gasteiger partial charge on any atom is -0.368 e. The largest absolute Gasteiger partial charge is 0.368 e. The van der Waals surface area contributed by atoms with Gasteiger partial charge in [0.15, 0.2) is 0 Å². The van der Waals surface area contributed by atoms with E-state index in [1.807, 2.05) is 0 Å². The Kier molecular flexibility index (Phi) is 0.898. The molecule has 0 bridgehead atoms. The number of hydrogen-bond acceptors (Lipinski definition) is 3. The number of nitrogens with two attached hydrogens (primary N) is 1. The first-order chi connectivity index (χ1) is 3.39. The number of aromatic nitrogens is 2. The Morgan fingerprint density at radius 1 is 1.29 bits per heavy atom. The third-order valence-corrected chi connectivity index (χ3v) is 0.586. The molecule has 1 aromatic rings. The van der Waals surface area contributed by atoms with E-state index in [-0.39, 0.29) is 0 Å². The van der Waals surface area contributed by atoms with Crippen LogP contribution in [-0.4, -0.2) is 9.97 Å². The zero-order chi connectivity index (χ0) is 5.11. The number of anilines is 1. The minimum atomic E-state index is 0.322. The summed E-state index contributed by atoms with van der Waals surface area (Å²) in [6.07, 6.45) is 3.20. The van der Waals surface area contributed by atoms with E-state index in [4.69, 9.17) is 5.73 Å². The van der Waals surface area contributed by atoms with Crippen molar-refractivity contribution in [3.05, 3.63) is 18.5 Å². The van der Waals surface area contributed by atoms with Crippen molar-refractivity contribution >= 4 is 5.95 Å². The van der Waals surface area contributed by atoms with E-state index in [2.05, 4.69) is 9.97 Å². The van der Waals surface area contributed by atoms with Gasteiger partial charge in [-0.3, -0.25) is 0 Å². The van der Waals surface area contributed by atoms with E-state index in [0.717, 1.165) is 0 Å². The fourth-order valence-corrected chi connectivity index (χ4v) is 0.311. The van der Waals surface area contributed by atoms with Crippen molar-refractivity contribution in [2.45, 2.75) is 0 Å². The van der Waals surface area contributed by atoms with Gasteiger partial charge in [0, 0.05) is 12.4 Å². The fourth-order valence-electron chi connectivity index (χ4n) is 0.311. The second kappa shape index (κ2) is 1.55. The van der Waals surface area contributed by atoms with Gasteiger partial charge < -0.3 is 5.73 Å². The molecular weight excluding hydrogens is 92.1 g/mol. The topological polar surface area (TPSA) is 51.8 Å². The minimum absolute atomic E-state index is 0.322. The van der Waals surface area contributed by atoms with Crippen LogP contribution in [0.4, 0.5) is 5.95 Å². The van der Waals surface area contributed by atoms with E-state index in [1.54, 1.807) is 18.5 Å².